The van der Waals surface area contributed by atoms with E-state index in [1.807, 2.05) is 47.4 Å². The average molecular weight is 466 g/mol. The van der Waals surface area contributed by atoms with Crippen LogP contribution in [-0.4, -0.2) is 68.2 Å². The van der Waals surface area contributed by atoms with E-state index in [4.69, 9.17) is 18.6 Å². The monoisotopic (exact) mass is 465 g/mol. The van der Waals surface area contributed by atoms with Gasteiger partial charge in [-0.1, -0.05) is 36.4 Å². The topological polar surface area (TPSA) is 77.3 Å². The van der Waals surface area contributed by atoms with Crippen LogP contribution in [0.5, 0.6) is 17.2 Å². The molecule has 4 rings (SSSR count). The molecule has 0 bridgehead atoms. The van der Waals surface area contributed by atoms with E-state index < -0.39 is 0 Å². The molecule has 8 nitrogen and oxygen atoms in total. The maximum absolute atomic E-state index is 12.8. The van der Waals surface area contributed by atoms with Gasteiger partial charge in [-0.3, -0.25) is 9.69 Å². The molecule has 0 radical (unpaired) electrons. The van der Waals surface area contributed by atoms with E-state index in [9.17, 15) is 4.79 Å². The fourth-order valence-electron chi connectivity index (χ4n) is 4.22. The zero-order valence-electron chi connectivity index (χ0n) is 20.0. The minimum atomic E-state index is 0.128. The lowest BCUT2D eigenvalue weighted by atomic mass is 10.1. The third kappa shape index (κ3) is 5.34. The molecule has 0 unspecified atom stereocenters. The first-order valence-corrected chi connectivity index (χ1v) is 11.4. The van der Waals surface area contributed by atoms with Crippen LogP contribution in [0.3, 0.4) is 0 Å². The van der Waals surface area contributed by atoms with Crippen molar-refractivity contribution in [3.8, 4) is 28.6 Å². The Hall–Kier alpha value is -3.52. The summed E-state index contributed by atoms with van der Waals surface area (Å²) in [6, 6.07) is 13.7. The first-order chi connectivity index (χ1) is 16.6. The highest BCUT2D eigenvalue weighted by Gasteiger charge is 2.24. The van der Waals surface area contributed by atoms with Gasteiger partial charge in [-0.2, -0.15) is 0 Å². The second-order valence-corrected chi connectivity index (χ2v) is 8.13. The van der Waals surface area contributed by atoms with Crippen molar-refractivity contribution < 1.29 is 23.4 Å². The number of rotatable bonds is 9. The van der Waals surface area contributed by atoms with Gasteiger partial charge in [0.2, 0.25) is 11.7 Å². The number of amides is 1. The molecule has 180 valence electrons. The number of piperazine rings is 1. The number of benzene rings is 2. The van der Waals surface area contributed by atoms with Crippen molar-refractivity contribution in [1.82, 2.24) is 14.8 Å². The molecule has 1 aliphatic heterocycles. The molecule has 1 fully saturated rings. The summed E-state index contributed by atoms with van der Waals surface area (Å²) in [5.74, 6) is 3.36. The minimum absolute atomic E-state index is 0.128. The maximum atomic E-state index is 12.8. The Kier molecular flexibility index (Phi) is 7.69. The van der Waals surface area contributed by atoms with Crippen molar-refractivity contribution >= 4 is 5.91 Å². The van der Waals surface area contributed by atoms with Gasteiger partial charge in [0.15, 0.2) is 23.1 Å². The Bertz CT molecular complexity index is 1090. The van der Waals surface area contributed by atoms with Crippen LogP contribution in [0, 0.1) is 0 Å². The van der Waals surface area contributed by atoms with Crippen molar-refractivity contribution in [2.24, 2.45) is 0 Å². The van der Waals surface area contributed by atoms with Crippen LogP contribution in [0.4, 0.5) is 0 Å². The Morgan fingerprint density at radius 1 is 0.941 bits per heavy atom. The van der Waals surface area contributed by atoms with E-state index in [-0.39, 0.29) is 5.91 Å². The lowest BCUT2D eigenvalue weighted by molar-refractivity contribution is -0.133. The highest BCUT2D eigenvalue weighted by Crippen LogP contribution is 2.40. The summed E-state index contributed by atoms with van der Waals surface area (Å²) in [5, 5.41) is 0. The van der Waals surface area contributed by atoms with Crippen molar-refractivity contribution in [1.29, 1.82) is 0 Å². The predicted molar refractivity (Wildman–Crippen MR) is 128 cm³/mol. The van der Waals surface area contributed by atoms with E-state index in [0.717, 1.165) is 30.0 Å². The largest absolute Gasteiger partial charge is 0.493 e. The van der Waals surface area contributed by atoms with Gasteiger partial charge >= 0.3 is 0 Å². The molecule has 8 heteroatoms. The fourth-order valence-corrected chi connectivity index (χ4v) is 4.22. The molecule has 1 saturated heterocycles. The van der Waals surface area contributed by atoms with Crippen molar-refractivity contribution in [2.75, 3.05) is 47.5 Å². The number of ether oxygens (including phenoxy) is 3. The third-order valence-electron chi connectivity index (χ3n) is 6.07. The number of carbonyl (C=O) groups is 1. The molecule has 3 aromatic rings. The van der Waals surface area contributed by atoms with Crippen molar-refractivity contribution in [3.63, 3.8) is 0 Å². The predicted octanol–water partition coefficient (Wildman–Crippen LogP) is 3.64. The van der Waals surface area contributed by atoms with Gasteiger partial charge < -0.3 is 23.5 Å². The van der Waals surface area contributed by atoms with Gasteiger partial charge in [-0.15, -0.1) is 0 Å². The van der Waals surface area contributed by atoms with Crippen LogP contribution >= 0.6 is 0 Å². The van der Waals surface area contributed by atoms with E-state index >= 15 is 0 Å². The normalized spacial score (nSPS) is 14.1. The number of aromatic nitrogens is 1. The molecule has 2 aromatic carbocycles. The van der Waals surface area contributed by atoms with Crippen LogP contribution < -0.4 is 14.2 Å². The summed E-state index contributed by atoms with van der Waals surface area (Å²) >= 11 is 0. The highest BCUT2D eigenvalue weighted by atomic mass is 16.5. The molecular weight excluding hydrogens is 434 g/mol. The first kappa shape index (κ1) is 23.6. The molecule has 1 aliphatic rings. The summed E-state index contributed by atoms with van der Waals surface area (Å²) in [6.45, 7) is 3.68. The quantitative estimate of drug-likeness (QED) is 0.477. The molecule has 1 aromatic heterocycles. The Morgan fingerprint density at radius 2 is 1.68 bits per heavy atom. The number of hydrogen-bond acceptors (Lipinski definition) is 7. The number of carbonyl (C=O) groups excluding carboxylic acids is 1. The van der Waals surface area contributed by atoms with Crippen molar-refractivity contribution in [3.05, 3.63) is 60.1 Å². The van der Waals surface area contributed by atoms with Gasteiger partial charge in [0, 0.05) is 56.7 Å². The lowest BCUT2D eigenvalue weighted by Crippen LogP contribution is -2.48. The number of nitrogens with zero attached hydrogens (tertiary/aromatic N) is 3. The zero-order chi connectivity index (χ0) is 23.9. The number of oxazole rings is 1. The van der Waals surface area contributed by atoms with Crippen LogP contribution in [0.15, 0.2) is 53.1 Å². The summed E-state index contributed by atoms with van der Waals surface area (Å²) in [5.41, 5.74) is 2.01. The molecule has 0 saturated carbocycles. The standard InChI is InChI=1S/C26H31N3O5/c1-31-21-10-9-20(25(32-2)26(21)33-3)18-28-13-15-29(16-14-28)24(30)12-11-23-27-17-22(34-23)19-7-5-4-6-8-19/h4-10,17H,11-16,18H2,1-3H3. The fraction of sp³-hybridized carbons (Fsp3) is 0.385. The Labute approximate surface area is 200 Å². The third-order valence-corrected chi connectivity index (χ3v) is 6.07. The molecular formula is C26H31N3O5. The molecule has 2 heterocycles. The summed E-state index contributed by atoms with van der Waals surface area (Å²) < 4.78 is 22.3. The van der Waals surface area contributed by atoms with E-state index in [1.54, 1.807) is 27.5 Å². The van der Waals surface area contributed by atoms with Crippen molar-refractivity contribution in [2.45, 2.75) is 19.4 Å². The zero-order valence-corrected chi connectivity index (χ0v) is 20.0. The highest BCUT2D eigenvalue weighted by molar-refractivity contribution is 5.76. The van der Waals surface area contributed by atoms with Gasteiger partial charge in [0.1, 0.15) is 0 Å². The summed E-state index contributed by atoms with van der Waals surface area (Å²) in [4.78, 5) is 21.3. The van der Waals surface area contributed by atoms with Crippen LogP contribution in [0.1, 0.15) is 17.9 Å². The molecule has 34 heavy (non-hydrogen) atoms. The Balaban J connectivity index is 1.28. The number of aryl methyl sites for hydroxylation is 1. The summed E-state index contributed by atoms with van der Waals surface area (Å²) in [7, 11) is 4.85. The van der Waals surface area contributed by atoms with Crippen LogP contribution in [-0.2, 0) is 17.8 Å². The van der Waals surface area contributed by atoms with Crippen LogP contribution in [0.25, 0.3) is 11.3 Å². The Morgan fingerprint density at radius 3 is 2.35 bits per heavy atom. The lowest BCUT2D eigenvalue weighted by Gasteiger charge is -2.35. The van der Waals surface area contributed by atoms with E-state index in [0.29, 0.717) is 55.6 Å². The molecule has 0 spiro atoms. The SMILES string of the molecule is COc1ccc(CN2CCN(C(=O)CCc3ncc(-c4ccccc4)o3)CC2)c(OC)c1OC. The minimum Gasteiger partial charge on any atom is -0.493 e. The molecule has 0 atom stereocenters. The van der Waals surface area contributed by atoms with Crippen LogP contribution in [0.2, 0.25) is 0 Å². The van der Waals surface area contributed by atoms with Gasteiger partial charge in [-0.25, -0.2) is 4.98 Å². The second-order valence-electron chi connectivity index (χ2n) is 8.13. The summed E-state index contributed by atoms with van der Waals surface area (Å²) in [6.07, 6.45) is 2.60. The molecule has 1 amide bonds. The van der Waals surface area contributed by atoms with E-state index in [1.165, 1.54) is 0 Å². The maximum Gasteiger partial charge on any atom is 0.223 e. The average Bonchev–Trinajstić information content (AvgIpc) is 3.37. The number of hydrogen-bond donors (Lipinski definition) is 0. The van der Waals surface area contributed by atoms with Gasteiger partial charge in [0.05, 0.1) is 27.5 Å². The molecule has 0 N–H and O–H groups in total. The second kappa shape index (κ2) is 11.1. The van der Waals surface area contributed by atoms with Gasteiger partial charge in [-0.05, 0) is 6.07 Å². The number of methoxy groups -OCH3 is 3. The van der Waals surface area contributed by atoms with E-state index in [2.05, 4.69) is 9.88 Å². The smallest absolute Gasteiger partial charge is 0.223 e. The van der Waals surface area contributed by atoms with Gasteiger partial charge in [0.25, 0.3) is 0 Å². The first-order valence-electron chi connectivity index (χ1n) is 11.4. The molecule has 0 aliphatic carbocycles.